The maximum atomic E-state index is 11.5. The molecule has 1 aliphatic rings. The van der Waals surface area contributed by atoms with Crippen LogP contribution in [-0.4, -0.2) is 36.5 Å². The van der Waals surface area contributed by atoms with Crippen molar-refractivity contribution < 1.29 is 4.79 Å². The van der Waals surface area contributed by atoms with Crippen LogP contribution in [0.15, 0.2) is 0 Å². The van der Waals surface area contributed by atoms with E-state index < -0.39 is 0 Å². The number of rotatable bonds is 4. The number of hydrogen-bond acceptors (Lipinski definition) is 2. The van der Waals surface area contributed by atoms with Gasteiger partial charge < -0.3 is 5.32 Å². The van der Waals surface area contributed by atoms with Crippen LogP contribution in [0.1, 0.15) is 26.7 Å². The lowest BCUT2D eigenvalue weighted by Gasteiger charge is -2.26. The Labute approximate surface area is 92.2 Å². The first-order valence-electron chi connectivity index (χ1n) is 5.59. The molecule has 1 unspecified atom stereocenters. The fourth-order valence-electron chi connectivity index (χ4n) is 2.19. The highest BCUT2D eigenvalue weighted by Gasteiger charge is 2.27. The molecule has 0 aliphatic carbocycles. The predicted molar refractivity (Wildman–Crippen MR) is 61.3 cm³/mol. The molecule has 1 fully saturated rings. The molecule has 1 N–H and O–H groups in total. The topological polar surface area (TPSA) is 32.3 Å². The minimum absolute atomic E-state index is 0.0421. The predicted octanol–water partition coefficient (Wildman–Crippen LogP) is 0.856. The van der Waals surface area contributed by atoms with Crippen molar-refractivity contribution in [1.82, 2.24) is 10.2 Å². The number of carbonyl (C=O) groups is 1. The summed E-state index contributed by atoms with van der Waals surface area (Å²) in [5.41, 5.74) is 0. The third-order valence-corrected chi connectivity index (χ3v) is 2.92. The van der Waals surface area contributed by atoms with E-state index >= 15 is 0 Å². The molecule has 84 valence electrons. The molecule has 0 aromatic heterocycles. The van der Waals surface area contributed by atoms with Crippen LogP contribution in [0.3, 0.4) is 0 Å². The van der Waals surface area contributed by atoms with Crippen LogP contribution < -0.4 is 5.32 Å². The Morgan fingerprint density at radius 1 is 1.67 bits per heavy atom. The van der Waals surface area contributed by atoms with E-state index in [0.29, 0.717) is 25.0 Å². The first-order chi connectivity index (χ1) is 7.15. The van der Waals surface area contributed by atoms with Crippen molar-refractivity contribution in [3.63, 3.8) is 0 Å². The van der Waals surface area contributed by atoms with Crippen molar-refractivity contribution >= 4 is 5.91 Å². The van der Waals surface area contributed by atoms with Crippen molar-refractivity contribution in [2.24, 2.45) is 5.92 Å². The number of hydrogen-bond donors (Lipinski definition) is 1. The van der Waals surface area contributed by atoms with Crippen LogP contribution >= 0.6 is 0 Å². The molecule has 1 rings (SSSR count). The minimum atomic E-state index is 0.0421. The van der Waals surface area contributed by atoms with Crippen LogP contribution in [0.25, 0.3) is 0 Å². The SMILES string of the molecule is C#CCNC(=O)CN1CCCC1C(C)C. The Kier molecular flexibility index (Phi) is 4.64. The van der Waals surface area contributed by atoms with Crippen LogP contribution in [-0.2, 0) is 4.79 Å². The van der Waals surface area contributed by atoms with E-state index in [0.717, 1.165) is 6.54 Å². The summed E-state index contributed by atoms with van der Waals surface area (Å²) in [4.78, 5) is 13.7. The quantitative estimate of drug-likeness (QED) is 0.695. The Balaban J connectivity index is 2.37. The molecule has 0 saturated carbocycles. The number of likely N-dealkylation sites (tertiary alicyclic amines) is 1. The number of amides is 1. The average molecular weight is 208 g/mol. The normalized spacial score (nSPS) is 21.6. The molecule has 0 spiro atoms. The summed E-state index contributed by atoms with van der Waals surface area (Å²) in [6, 6.07) is 0.557. The first-order valence-corrected chi connectivity index (χ1v) is 5.59. The minimum Gasteiger partial charge on any atom is -0.344 e. The van der Waals surface area contributed by atoms with Gasteiger partial charge in [0.2, 0.25) is 5.91 Å². The highest BCUT2D eigenvalue weighted by atomic mass is 16.2. The maximum Gasteiger partial charge on any atom is 0.234 e. The molecule has 1 aliphatic heterocycles. The third-order valence-electron chi connectivity index (χ3n) is 2.92. The second kappa shape index (κ2) is 5.77. The summed E-state index contributed by atoms with van der Waals surface area (Å²) >= 11 is 0. The second-order valence-corrected chi connectivity index (χ2v) is 4.40. The average Bonchev–Trinajstić information content (AvgIpc) is 2.62. The first kappa shape index (κ1) is 12.1. The molecular formula is C12H20N2O. The lowest BCUT2D eigenvalue weighted by atomic mass is 10.0. The summed E-state index contributed by atoms with van der Waals surface area (Å²) in [5, 5.41) is 2.70. The Hall–Kier alpha value is -1.01. The monoisotopic (exact) mass is 208 g/mol. The fraction of sp³-hybridized carbons (Fsp3) is 0.750. The van der Waals surface area contributed by atoms with Gasteiger partial charge in [0, 0.05) is 6.04 Å². The van der Waals surface area contributed by atoms with Crippen LogP contribution in [0.2, 0.25) is 0 Å². The lowest BCUT2D eigenvalue weighted by molar-refractivity contribution is -0.122. The fourth-order valence-corrected chi connectivity index (χ4v) is 2.19. The van der Waals surface area contributed by atoms with Crippen molar-refractivity contribution in [1.29, 1.82) is 0 Å². The molecule has 3 heteroatoms. The molecular weight excluding hydrogens is 188 g/mol. The zero-order valence-electron chi connectivity index (χ0n) is 9.62. The van der Waals surface area contributed by atoms with Crippen LogP contribution in [0.4, 0.5) is 0 Å². The highest BCUT2D eigenvalue weighted by Crippen LogP contribution is 2.22. The van der Waals surface area contributed by atoms with E-state index in [1.807, 2.05) is 0 Å². The van der Waals surface area contributed by atoms with E-state index in [-0.39, 0.29) is 5.91 Å². The molecule has 1 atom stereocenters. The number of nitrogens with zero attached hydrogens (tertiary/aromatic N) is 1. The van der Waals surface area contributed by atoms with Crippen molar-refractivity contribution in [3.05, 3.63) is 0 Å². The molecule has 0 radical (unpaired) electrons. The lowest BCUT2D eigenvalue weighted by Crippen LogP contribution is -2.41. The Morgan fingerprint density at radius 3 is 3.00 bits per heavy atom. The summed E-state index contributed by atoms with van der Waals surface area (Å²) in [6.45, 7) is 6.28. The van der Waals surface area contributed by atoms with Crippen LogP contribution in [0.5, 0.6) is 0 Å². The molecule has 1 heterocycles. The van der Waals surface area contributed by atoms with Gasteiger partial charge >= 0.3 is 0 Å². The van der Waals surface area contributed by atoms with Crippen molar-refractivity contribution in [2.45, 2.75) is 32.7 Å². The molecule has 1 amide bonds. The van der Waals surface area contributed by atoms with E-state index in [1.165, 1.54) is 12.8 Å². The third kappa shape index (κ3) is 3.56. The van der Waals surface area contributed by atoms with Crippen molar-refractivity contribution in [2.75, 3.05) is 19.6 Å². The van der Waals surface area contributed by atoms with Crippen molar-refractivity contribution in [3.8, 4) is 12.3 Å². The van der Waals surface area contributed by atoms with E-state index in [9.17, 15) is 4.79 Å². The van der Waals surface area contributed by atoms with Gasteiger partial charge in [-0.2, -0.15) is 0 Å². The van der Waals surface area contributed by atoms with E-state index in [4.69, 9.17) is 6.42 Å². The van der Waals surface area contributed by atoms with Gasteiger partial charge in [-0.15, -0.1) is 6.42 Å². The number of nitrogens with one attached hydrogen (secondary N) is 1. The van der Waals surface area contributed by atoms with Gasteiger partial charge in [0.1, 0.15) is 0 Å². The smallest absolute Gasteiger partial charge is 0.234 e. The molecule has 0 aromatic rings. The molecule has 0 bridgehead atoms. The Bertz CT molecular complexity index is 255. The van der Waals surface area contributed by atoms with E-state index in [1.54, 1.807) is 0 Å². The van der Waals surface area contributed by atoms with Gasteiger partial charge in [-0.1, -0.05) is 19.8 Å². The van der Waals surface area contributed by atoms with Gasteiger partial charge in [0.25, 0.3) is 0 Å². The molecule has 3 nitrogen and oxygen atoms in total. The van der Waals surface area contributed by atoms with Crippen LogP contribution in [0, 0.1) is 18.3 Å². The number of terminal acetylenes is 1. The van der Waals surface area contributed by atoms with Gasteiger partial charge in [0.05, 0.1) is 13.1 Å². The highest BCUT2D eigenvalue weighted by molar-refractivity contribution is 5.78. The second-order valence-electron chi connectivity index (χ2n) is 4.40. The molecule has 0 aromatic carbocycles. The molecule has 15 heavy (non-hydrogen) atoms. The number of carbonyl (C=O) groups excluding carboxylic acids is 1. The maximum absolute atomic E-state index is 11.5. The van der Waals surface area contributed by atoms with Gasteiger partial charge in [-0.3, -0.25) is 9.69 Å². The zero-order valence-corrected chi connectivity index (χ0v) is 9.62. The van der Waals surface area contributed by atoms with Gasteiger partial charge in [0.15, 0.2) is 0 Å². The van der Waals surface area contributed by atoms with Gasteiger partial charge in [-0.05, 0) is 25.3 Å². The standard InChI is InChI=1S/C12H20N2O/c1-4-7-13-12(15)9-14-8-5-6-11(14)10(2)3/h1,10-11H,5-9H2,2-3H3,(H,13,15). The zero-order chi connectivity index (χ0) is 11.3. The van der Waals surface area contributed by atoms with Gasteiger partial charge in [-0.25, -0.2) is 0 Å². The Morgan fingerprint density at radius 2 is 2.40 bits per heavy atom. The summed E-state index contributed by atoms with van der Waals surface area (Å²) in [5.74, 6) is 3.07. The largest absolute Gasteiger partial charge is 0.344 e. The molecule has 1 saturated heterocycles. The summed E-state index contributed by atoms with van der Waals surface area (Å²) < 4.78 is 0. The summed E-state index contributed by atoms with van der Waals surface area (Å²) in [7, 11) is 0. The summed E-state index contributed by atoms with van der Waals surface area (Å²) in [6.07, 6.45) is 7.49. The van der Waals surface area contributed by atoms with E-state index in [2.05, 4.69) is 30.0 Å².